The molecular weight excluding hydrogens is 446 g/mol. The van der Waals surface area contributed by atoms with Crippen LogP contribution in [0.2, 0.25) is 0 Å². The molecule has 3 N–H and O–H groups in total. The van der Waals surface area contributed by atoms with E-state index in [1.54, 1.807) is 0 Å². The van der Waals surface area contributed by atoms with E-state index in [4.69, 9.17) is 4.74 Å². The third kappa shape index (κ3) is 10.3. The van der Waals surface area contributed by atoms with Crippen molar-refractivity contribution < 1.29 is 23.9 Å². The van der Waals surface area contributed by atoms with Crippen LogP contribution in [0.1, 0.15) is 77.7 Å². The molecule has 3 atom stereocenters. The number of hydrogen-bond acceptors (Lipinski definition) is 6. The monoisotopic (exact) mass is 487 g/mol. The minimum atomic E-state index is -0.928. The van der Waals surface area contributed by atoms with E-state index in [0.29, 0.717) is 38.7 Å². The molecule has 0 heterocycles. The van der Waals surface area contributed by atoms with Crippen LogP contribution in [0.15, 0.2) is 30.3 Å². The molecule has 0 spiro atoms. The summed E-state index contributed by atoms with van der Waals surface area (Å²) in [6.45, 7) is 6.61. The molecule has 8 nitrogen and oxygen atoms in total. The van der Waals surface area contributed by atoms with Crippen LogP contribution in [0.5, 0.6) is 0 Å². The van der Waals surface area contributed by atoms with Gasteiger partial charge in [-0.25, -0.2) is 0 Å². The molecule has 0 aromatic heterocycles. The number of carbonyl (C=O) groups excluding carboxylic acids is 4. The Bertz CT molecular complexity index is 827. The maximum atomic E-state index is 13.1. The molecule has 1 aromatic carbocycles. The van der Waals surface area contributed by atoms with Crippen LogP contribution in [-0.2, 0) is 30.5 Å². The molecule has 0 bridgehead atoms. The molecular formula is C27H41N3O5. The first-order valence-corrected chi connectivity index (χ1v) is 12.8. The first-order valence-electron chi connectivity index (χ1n) is 12.8. The molecule has 1 aromatic rings. The lowest BCUT2D eigenvalue weighted by molar-refractivity contribution is -0.142. The summed E-state index contributed by atoms with van der Waals surface area (Å²) < 4.78 is 5.68. The standard InChI is InChI=1S/C27H41N3O5/c1-4-5-13-22(25(32)27(34)29-21-14-9-10-15-24(21)31)30-26(33)23(16-19(2)3)28-18-35-17-20-11-7-6-8-12-20/h6-8,11-12,19,21-23,28H,4-5,9-10,13-18H2,1-3H3,(H,29,34)(H,30,33)/t21-,22-,23-/m0/s1. The van der Waals surface area contributed by atoms with Gasteiger partial charge in [0.2, 0.25) is 11.7 Å². The molecule has 0 saturated heterocycles. The van der Waals surface area contributed by atoms with E-state index in [1.807, 2.05) is 51.1 Å². The third-order valence-electron chi connectivity index (χ3n) is 6.13. The van der Waals surface area contributed by atoms with Crippen molar-refractivity contribution in [3.63, 3.8) is 0 Å². The van der Waals surface area contributed by atoms with Crippen molar-refractivity contribution in [3.05, 3.63) is 35.9 Å². The molecule has 8 heteroatoms. The van der Waals surface area contributed by atoms with Gasteiger partial charge >= 0.3 is 0 Å². The number of Topliss-reactive ketones (excluding diaryl/α,β-unsaturated/α-hetero) is 2. The summed E-state index contributed by atoms with van der Waals surface area (Å²) in [7, 11) is 0. The molecule has 2 rings (SSSR count). The molecule has 2 amide bonds. The van der Waals surface area contributed by atoms with E-state index >= 15 is 0 Å². The number of ketones is 2. The fourth-order valence-corrected chi connectivity index (χ4v) is 4.13. The number of nitrogens with one attached hydrogen (secondary N) is 3. The van der Waals surface area contributed by atoms with Crippen molar-refractivity contribution in [3.8, 4) is 0 Å². The Kier molecular flexibility index (Phi) is 12.6. The van der Waals surface area contributed by atoms with Crippen LogP contribution in [0.25, 0.3) is 0 Å². The molecule has 0 aliphatic heterocycles. The Morgan fingerprint density at radius 2 is 1.83 bits per heavy atom. The van der Waals surface area contributed by atoms with E-state index < -0.39 is 29.8 Å². The van der Waals surface area contributed by atoms with Gasteiger partial charge in [-0.2, -0.15) is 0 Å². The zero-order chi connectivity index (χ0) is 25.6. The molecule has 1 saturated carbocycles. The molecule has 194 valence electrons. The first-order chi connectivity index (χ1) is 16.8. The minimum absolute atomic E-state index is 0.0387. The highest BCUT2D eigenvalue weighted by molar-refractivity contribution is 6.38. The number of hydrogen-bond donors (Lipinski definition) is 3. The second kappa shape index (κ2) is 15.4. The number of unbranched alkanes of at least 4 members (excludes halogenated alkanes) is 1. The van der Waals surface area contributed by atoms with Gasteiger partial charge in [0.15, 0.2) is 5.78 Å². The van der Waals surface area contributed by atoms with Crippen LogP contribution in [0, 0.1) is 5.92 Å². The van der Waals surface area contributed by atoms with Gasteiger partial charge in [0.1, 0.15) is 0 Å². The summed E-state index contributed by atoms with van der Waals surface area (Å²) in [4.78, 5) is 50.8. The Hall–Kier alpha value is -2.58. The van der Waals surface area contributed by atoms with E-state index in [9.17, 15) is 19.2 Å². The summed E-state index contributed by atoms with van der Waals surface area (Å²) >= 11 is 0. The van der Waals surface area contributed by atoms with Gasteiger partial charge < -0.3 is 15.4 Å². The molecule has 1 aliphatic carbocycles. The number of ether oxygens (including phenoxy) is 1. The van der Waals surface area contributed by atoms with Gasteiger partial charge in [-0.05, 0) is 37.2 Å². The first kappa shape index (κ1) is 28.7. The Morgan fingerprint density at radius 3 is 2.49 bits per heavy atom. The fraction of sp³-hybridized carbons (Fsp3) is 0.630. The second-order valence-corrected chi connectivity index (χ2v) is 9.67. The molecule has 0 unspecified atom stereocenters. The van der Waals surface area contributed by atoms with Crippen LogP contribution < -0.4 is 16.0 Å². The van der Waals surface area contributed by atoms with E-state index in [0.717, 1.165) is 24.8 Å². The van der Waals surface area contributed by atoms with Gasteiger partial charge in [-0.1, -0.05) is 70.4 Å². The maximum absolute atomic E-state index is 13.1. The van der Waals surface area contributed by atoms with Crippen LogP contribution in [0.3, 0.4) is 0 Å². The van der Waals surface area contributed by atoms with Crippen molar-refractivity contribution in [1.82, 2.24) is 16.0 Å². The van der Waals surface area contributed by atoms with Gasteiger partial charge in [-0.15, -0.1) is 0 Å². The van der Waals surface area contributed by atoms with E-state index in [2.05, 4.69) is 16.0 Å². The van der Waals surface area contributed by atoms with Crippen LogP contribution in [0.4, 0.5) is 0 Å². The van der Waals surface area contributed by atoms with Gasteiger partial charge in [-0.3, -0.25) is 24.5 Å². The second-order valence-electron chi connectivity index (χ2n) is 9.67. The Morgan fingerprint density at radius 1 is 1.09 bits per heavy atom. The smallest absolute Gasteiger partial charge is 0.290 e. The quantitative estimate of drug-likeness (QED) is 0.199. The predicted molar refractivity (Wildman–Crippen MR) is 134 cm³/mol. The van der Waals surface area contributed by atoms with Gasteiger partial charge in [0, 0.05) is 6.42 Å². The number of amides is 2. The van der Waals surface area contributed by atoms with Crippen molar-refractivity contribution in [2.75, 3.05) is 6.73 Å². The predicted octanol–water partition coefficient (Wildman–Crippen LogP) is 3.04. The average molecular weight is 488 g/mol. The maximum Gasteiger partial charge on any atom is 0.290 e. The SMILES string of the molecule is CCCC[C@H](NC(=O)[C@H](CC(C)C)NCOCc1ccccc1)C(=O)C(=O)N[C@H]1CCCCC1=O. The number of benzene rings is 1. The van der Waals surface area contributed by atoms with E-state index in [1.165, 1.54) is 0 Å². The number of rotatable bonds is 15. The van der Waals surface area contributed by atoms with Crippen molar-refractivity contribution in [2.24, 2.45) is 5.92 Å². The summed E-state index contributed by atoms with van der Waals surface area (Å²) in [5.41, 5.74) is 1.03. The minimum Gasteiger partial charge on any atom is -0.362 e. The van der Waals surface area contributed by atoms with Gasteiger partial charge in [0.05, 0.1) is 31.5 Å². The Labute approximate surface area is 208 Å². The van der Waals surface area contributed by atoms with Crippen molar-refractivity contribution in [1.29, 1.82) is 0 Å². The largest absolute Gasteiger partial charge is 0.362 e. The summed E-state index contributed by atoms with van der Waals surface area (Å²) in [6.07, 6.45) is 5.06. The van der Waals surface area contributed by atoms with Crippen LogP contribution >= 0.6 is 0 Å². The molecule has 0 radical (unpaired) electrons. The lowest BCUT2D eigenvalue weighted by Crippen LogP contribution is -2.55. The lowest BCUT2D eigenvalue weighted by atomic mass is 9.93. The van der Waals surface area contributed by atoms with Crippen molar-refractivity contribution >= 4 is 23.4 Å². The fourth-order valence-electron chi connectivity index (χ4n) is 4.13. The van der Waals surface area contributed by atoms with Gasteiger partial charge in [0.25, 0.3) is 5.91 Å². The highest BCUT2D eigenvalue weighted by atomic mass is 16.5. The summed E-state index contributed by atoms with van der Waals surface area (Å²) in [5.74, 6) is -1.64. The van der Waals surface area contributed by atoms with Crippen molar-refractivity contribution in [2.45, 2.75) is 96.9 Å². The lowest BCUT2D eigenvalue weighted by Gasteiger charge is -2.25. The highest BCUT2D eigenvalue weighted by Gasteiger charge is 2.32. The summed E-state index contributed by atoms with van der Waals surface area (Å²) in [5, 5.41) is 8.52. The topological polar surface area (TPSA) is 114 Å². The zero-order valence-corrected chi connectivity index (χ0v) is 21.3. The number of carbonyl (C=O) groups is 4. The van der Waals surface area contributed by atoms with Crippen LogP contribution in [-0.4, -0.2) is 48.2 Å². The normalized spacial score (nSPS) is 17.6. The zero-order valence-electron chi connectivity index (χ0n) is 21.3. The molecule has 1 fully saturated rings. The molecule has 35 heavy (non-hydrogen) atoms. The molecule has 1 aliphatic rings. The highest BCUT2D eigenvalue weighted by Crippen LogP contribution is 2.15. The average Bonchev–Trinajstić information content (AvgIpc) is 2.84. The Balaban J connectivity index is 1.96. The van der Waals surface area contributed by atoms with E-state index in [-0.39, 0.29) is 24.3 Å². The third-order valence-corrected chi connectivity index (χ3v) is 6.13. The summed E-state index contributed by atoms with van der Waals surface area (Å²) in [6, 6.07) is 7.65.